The number of hydrogen-bond donors (Lipinski definition) is 0. The van der Waals surface area contributed by atoms with Crippen molar-refractivity contribution in [1.29, 1.82) is 0 Å². The van der Waals surface area contributed by atoms with E-state index in [4.69, 9.17) is 11.6 Å². The molecule has 0 N–H and O–H groups in total. The van der Waals surface area contributed by atoms with Crippen LogP contribution in [-0.2, 0) is 0 Å². The normalized spacial score (nSPS) is 23.3. The summed E-state index contributed by atoms with van der Waals surface area (Å²) in [4.78, 5) is 6.19. The Morgan fingerprint density at radius 1 is 1.43 bits per heavy atom. The Bertz CT molecular complexity index is 276. The van der Waals surface area contributed by atoms with Crippen LogP contribution < -0.4 is 0 Å². The van der Waals surface area contributed by atoms with Crippen LogP contribution in [0.25, 0.3) is 0 Å². The van der Waals surface area contributed by atoms with Gasteiger partial charge >= 0.3 is 0 Å². The van der Waals surface area contributed by atoms with Crippen LogP contribution in [-0.4, -0.2) is 46.3 Å². The molecule has 0 bridgehead atoms. The van der Waals surface area contributed by atoms with Gasteiger partial charge in [0, 0.05) is 24.6 Å². The first kappa shape index (κ1) is 10.1. The van der Waals surface area contributed by atoms with E-state index in [1.807, 2.05) is 11.8 Å². The Morgan fingerprint density at radius 3 is 2.79 bits per heavy atom. The Labute approximate surface area is 91.5 Å². The van der Waals surface area contributed by atoms with Gasteiger partial charge in [0.2, 0.25) is 0 Å². The van der Waals surface area contributed by atoms with Crippen molar-refractivity contribution in [3.63, 3.8) is 0 Å². The van der Waals surface area contributed by atoms with Gasteiger partial charge in [-0.05, 0) is 0 Å². The SMILES string of the molecule is FN1C=C(N2CCSCC2)N=C(Cl)C1. The van der Waals surface area contributed by atoms with E-state index in [0.29, 0.717) is 16.1 Å². The molecule has 0 radical (unpaired) electrons. The van der Waals surface area contributed by atoms with Crippen molar-refractivity contribution in [3.05, 3.63) is 12.0 Å². The molecule has 0 aromatic carbocycles. The highest BCUT2D eigenvalue weighted by Gasteiger charge is 2.18. The minimum Gasteiger partial charge on any atom is -0.354 e. The second-order valence-corrected chi connectivity index (χ2v) is 4.79. The molecule has 14 heavy (non-hydrogen) atoms. The van der Waals surface area contributed by atoms with Crippen LogP contribution >= 0.6 is 23.4 Å². The smallest absolute Gasteiger partial charge is 0.148 e. The van der Waals surface area contributed by atoms with Crippen LogP contribution in [0.2, 0.25) is 0 Å². The van der Waals surface area contributed by atoms with Crippen molar-refractivity contribution in [1.82, 2.24) is 10.0 Å². The summed E-state index contributed by atoms with van der Waals surface area (Å²) in [6.45, 7) is 1.89. The largest absolute Gasteiger partial charge is 0.354 e. The molecule has 0 amide bonds. The minimum absolute atomic E-state index is 0.0631. The lowest BCUT2D eigenvalue weighted by Crippen LogP contribution is -2.34. The molecular weight excluding hydrogens is 225 g/mol. The third-order valence-electron chi connectivity index (χ3n) is 2.11. The molecular formula is C8H11ClFN3S. The molecule has 2 aliphatic rings. The van der Waals surface area contributed by atoms with Gasteiger partial charge in [-0.15, -0.1) is 4.48 Å². The molecule has 78 valence electrons. The van der Waals surface area contributed by atoms with Crippen LogP contribution in [0, 0.1) is 0 Å². The number of rotatable bonds is 1. The van der Waals surface area contributed by atoms with Gasteiger partial charge in [0.25, 0.3) is 0 Å². The molecule has 2 aliphatic heterocycles. The van der Waals surface area contributed by atoms with Crippen molar-refractivity contribution in [3.8, 4) is 0 Å². The van der Waals surface area contributed by atoms with Crippen LogP contribution in [0.3, 0.4) is 0 Å². The summed E-state index contributed by atoms with van der Waals surface area (Å²) in [5.41, 5.74) is 0. The van der Waals surface area contributed by atoms with Gasteiger partial charge in [0.05, 0.1) is 6.20 Å². The molecule has 2 rings (SSSR count). The summed E-state index contributed by atoms with van der Waals surface area (Å²) in [7, 11) is 0. The number of nitrogens with zero attached hydrogens (tertiary/aromatic N) is 3. The van der Waals surface area contributed by atoms with Gasteiger partial charge in [-0.25, -0.2) is 10.1 Å². The van der Waals surface area contributed by atoms with Gasteiger partial charge in [0.15, 0.2) is 0 Å². The quantitative estimate of drug-likeness (QED) is 0.645. The molecule has 6 heteroatoms. The Balaban J connectivity index is 2.08. The van der Waals surface area contributed by atoms with Crippen molar-refractivity contribution >= 4 is 28.5 Å². The first-order valence-corrected chi connectivity index (χ1v) is 5.99. The molecule has 3 nitrogen and oxygen atoms in total. The minimum atomic E-state index is 0.0631. The molecule has 0 spiro atoms. The van der Waals surface area contributed by atoms with Crippen LogP contribution in [0.1, 0.15) is 0 Å². The fourth-order valence-electron chi connectivity index (χ4n) is 1.43. The fraction of sp³-hybridized carbons (Fsp3) is 0.625. The number of aliphatic imine (C=N–C) groups is 1. The second-order valence-electron chi connectivity index (χ2n) is 3.13. The van der Waals surface area contributed by atoms with Crippen molar-refractivity contribution in [2.75, 3.05) is 31.1 Å². The lowest BCUT2D eigenvalue weighted by Gasteiger charge is -2.30. The Hall–Kier alpha value is -0.420. The number of halogens is 2. The van der Waals surface area contributed by atoms with Crippen LogP contribution in [0.5, 0.6) is 0 Å². The molecule has 0 aromatic rings. The maximum atomic E-state index is 13.0. The summed E-state index contributed by atoms with van der Waals surface area (Å²) >= 11 is 7.63. The predicted octanol–water partition coefficient (Wildman–Crippen LogP) is 1.67. The van der Waals surface area contributed by atoms with Crippen molar-refractivity contribution < 1.29 is 4.48 Å². The predicted molar refractivity (Wildman–Crippen MR) is 58.1 cm³/mol. The number of thioether (sulfide) groups is 1. The van der Waals surface area contributed by atoms with Gasteiger partial charge in [0.1, 0.15) is 17.5 Å². The van der Waals surface area contributed by atoms with E-state index in [2.05, 4.69) is 9.89 Å². The molecule has 1 fully saturated rings. The molecule has 1 saturated heterocycles. The van der Waals surface area contributed by atoms with E-state index in [1.165, 1.54) is 6.20 Å². The Morgan fingerprint density at radius 2 is 2.14 bits per heavy atom. The molecule has 0 saturated carbocycles. The standard InChI is InChI=1S/C8H11ClFN3S/c9-7-5-13(10)6-8(11-7)12-1-3-14-4-2-12/h6H,1-5H2. The first-order valence-electron chi connectivity index (χ1n) is 4.46. The summed E-state index contributed by atoms with van der Waals surface area (Å²) in [5.74, 6) is 2.78. The zero-order chi connectivity index (χ0) is 9.97. The third kappa shape index (κ3) is 2.33. The average Bonchev–Trinajstić information content (AvgIpc) is 2.18. The van der Waals surface area contributed by atoms with Gasteiger partial charge in [-0.1, -0.05) is 11.6 Å². The maximum Gasteiger partial charge on any atom is 0.148 e. The molecule has 0 aromatic heterocycles. The molecule has 0 aliphatic carbocycles. The fourth-order valence-corrected chi connectivity index (χ4v) is 2.53. The average molecular weight is 236 g/mol. The highest BCUT2D eigenvalue weighted by Crippen LogP contribution is 2.19. The van der Waals surface area contributed by atoms with Gasteiger partial charge in [-0.2, -0.15) is 11.8 Å². The third-order valence-corrected chi connectivity index (χ3v) is 3.25. The topological polar surface area (TPSA) is 18.8 Å². The van der Waals surface area contributed by atoms with Crippen molar-refractivity contribution in [2.45, 2.75) is 0 Å². The summed E-state index contributed by atoms with van der Waals surface area (Å²) < 4.78 is 13.0. The Kier molecular flexibility index (Phi) is 3.18. The van der Waals surface area contributed by atoms with E-state index in [-0.39, 0.29) is 6.54 Å². The zero-order valence-electron chi connectivity index (χ0n) is 7.62. The lowest BCUT2D eigenvalue weighted by molar-refractivity contribution is 0.105. The molecule has 0 atom stereocenters. The molecule has 0 unspecified atom stereocenters. The van der Waals surface area contributed by atoms with E-state index < -0.39 is 0 Å². The monoisotopic (exact) mass is 235 g/mol. The summed E-state index contributed by atoms with van der Waals surface area (Å²) in [6, 6.07) is 0. The summed E-state index contributed by atoms with van der Waals surface area (Å²) in [5, 5.41) is 0.884. The van der Waals surface area contributed by atoms with E-state index >= 15 is 0 Å². The van der Waals surface area contributed by atoms with E-state index in [1.54, 1.807) is 0 Å². The number of hydrogen-bond acceptors (Lipinski definition) is 4. The first-order chi connectivity index (χ1) is 6.75. The highest BCUT2D eigenvalue weighted by molar-refractivity contribution is 7.99. The lowest BCUT2D eigenvalue weighted by atomic mass is 10.4. The van der Waals surface area contributed by atoms with Crippen LogP contribution in [0.15, 0.2) is 17.0 Å². The van der Waals surface area contributed by atoms with Crippen LogP contribution in [0.4, 0.5) is 4.48 Å². The highest BCUT2D eigenvalue weighted by atomic mass is 35.5. The van der Waals surface area contributed by atoms with Crippen molar-refractivity contribution in [2.24, 2.45) is 4.99 Å². The summed E-state index contributed by atoms with van der Waals surface area (Å²) in [6.07, 6.45) is 1.40. The second kappa shape index (κ2) is 4.40. The van der Waals surface area contributed by atoms with Gasteiger partial charge < -0.3 is 4.90 Å². The van der Waals surface area contributed by atoms with E-state index in [0.717, 1.165) is 24.6 Å². The van der Waals surface area contributed by atoms with Gasteiger partial charge in [-0.3, -0.25) is 0 Å². The maximum absolute atomic E-state index is 13.0. The zero-order valence-corrected chi connectivity index (χ0v) is 9.19. The van der Waals surface area contributed by atoms with E-state index in [9.17, 15) is 4.48 Å². The molecule has 2 heterocycles.